The first-order valence-electron chi connectivity index (χ1n) is 10.8. The maximum atomic E-state index is 12.6. The second kappa shape index (κ2) is 9.58. The molecule has 3 aromatic rings. The molecule has 2 atom stereocenters. The number of nitrogens with one attached hydrogen (secondary N) is 2. The van der Waals surface area contributed by atoms with Gasteiger partial charge in [0.15, 0.2) is 10.6 Å². The van der Waals surface area contributed by atoms with Gasteiger partial charge in [-0.1, -0.05) is 60.2 Å². The van der Waals surface area contributed by atoms with E-state index in [1.807, 2.05) is 34.9 Å². The van der Waals surface area contributed by atoms with E-state index in [1.165, 1.54) is 11.1 Å². The highest BCUT2D eigenvalue weighted by atomic mass is 32.1. The predicted molar refractivity (Wildman–Crippen MR) is 125 cm³/mol. The highest BCUT2D eigenvalue weighted by molar-refractivity contribution is 7.71. The molecule has 7 heteroatoms. The molecular weight excluding hydrogens is 406 g/mol. The maximum absolute atomic E-state index is 12.6. The van der Waals surface area contributed by atoms with Crippen LogP contribution < -0.4 is 5.32 Å². The van der Waals surface area contributed by atoms with E-state index in [0.29, 0.717) is 23.8 Å². The van der Waals surface area contributed by atoms with Crippen LogP contribution in [0.15, 0.2) is 54.6 Å². The summed E-state index contributed by atoms with van der Waals surface area (Å²) in [5.74, 6) is 0.818. The zero-order chi connectivity index (χ0) is 21.8. The molecule has 0 saturated carbocycles. The number of aromatic amines is 1. The summed E-state index contributed by atoms with van der Waals surface area (Å²) >= 11 is 5.39. The second-order valence-corrected chi connectivity index (χ2v) is 8.64. The van der Waals surface area contributed by atoms with E-state index in [9.17, 15) is 4.79 Å². The van der Waals surface area contributed by atoms with Gasteiger partial charge >= 0.3 is 0 Å². The zero-order valence-corrected chi connectivity index (χ0v) is 18.9. The summed E-state index contributed by atoms with van der Waals surface area (Å²) in [5, 5.41) is 10.4. The lowest BCUT2D eigenvalue weighted by Gasteiger charge is -2.24. The van der Waals surface area contributed by atoms with Crippen LogP contribution in [-0.4, -0.2) is 44.7 Å². The van der Waals surface area contributed by atoms with Crippen LogP contribution >= 0.6 is 12.2 Å². The number of benzene rings is 2. The molecule has 1 amide bonds. The fourth-order valence-electron chi connectivity index (χ4n) is 4.16. The molecule has 162 valence electrons. The lowest BCUT2D eigenvalue weighted by molar-refractivity contribution is -0.121. The average Bonchev–Trinajstić information content (AvgIpc) is 3.39. The molecule has 1 fully saturated rings. The SMILES string of the molecule is Cc1ccc(-c2n[nH]c(=S)n2CCC(=O)NC2CCN(C(C)c3ccccc3)C2)cc1. The summed E-state index contributed by atoms with van der Waals surface area (Å²) in [6.45, 7) is 6.65. The molecule has 2 aromatic carbocycles. The number of aryl methyl sites for hydroxylation is 1. The highest BCUT2D eigenvalue weighted by Gasteiger charge is 2.27. The van der Waals surface area contributed by atoms with Crippen molar-refractivity contribution in [2.75, 3.05) is 13.1 Å². The van der Waals surface area contributed by atoms with E-state index >= 15 is 0 Å². The van der Waals surface area contributed by atoms with E-state index in [4.69, 9.17) is 12.2 Å². The number of likely N-dealkylation sites (tertiary alicyclic amines) is 1. The molecule has 1 saturated heterocycles. The van der Waals surface area contributed by atoms with Crippen molar-refractivity contribution in [1.82, 2.24) is 25.0 Å². The molecule has 31 heavy (non-hydrogen) atoms. The van der Waals surface area contributed by atoms with Crippen LogP contribution in [0, 0.1) is 11.7 Å². The Balaban J connectivity index is 1.32. The first-order chi connectivity index (χ1) is 15.0. The van der Waals surface area contributed by atoms with Crippen LogP contribution in [0.25, 0.3) is 11.4 Å². The van der Waals surface area contributed by atoms with Gasteiger partial charge in [0.25, 0.3) is 0 Å². The third-order valence-corrected chi connectivity index (χ3v) is 6.36. The topological polar surface area (TPSA) is 66.0 Å². The summed E-state index contributed by atoms with van der Waals surface area (Å²) in [4.78, 5) is 15.1. The normalized spacial score (nSPS) is 17.5. The van der Waals surface area contributed by atoms with Gasteiger partial charge in [0.1, 0.15) is 0 Å². The zero-order valence-electron chi connectivity index (χ0n) is 18.0. The molecule has 0 bridgehead atoms. The van der Waals surface area contributed by atoms with Gasteiger partial charge in [-0.15, -0.1) is 0 Å². The fourth-order valence-corrected chi connectivity index (χ4v) is 4.38. The van der Waals surface area contributed by atoms with E-state index in [1.54, 1.807) is 0 Å². The Labute approximate surface area is 188 Å². The minimum atomic E-state index is 0.0529. The van der Waals surface area contributed by atoms with Crippen molar-refractivity contribution >= 4 is 18.1 Å². The number of hydrogen-bond acceptors (Lipinski definition) is 4. The second-order valence-electron chi connectivity index (χ2n) is 8.25. The number of carbonyl (C=O) groups is 1. The van der Waals surface area contributed by atoms with Crippen molar-refractivity contribution in [3.05, 3.63) is 70.5 Å². The Kier molecular flexibility index (Phi) is 6.63. The van der Waals surface area contributed by atoms with E-state index < -0.39 is 0 Å². The Morgan fingerprint density at radius 1 is 1.23 bits per heavy atom. The molecule has 0 aliphatic carbocycles. The Hall–Kier alpha value is -2.77. The molecule has 2 unspecified atom stereocenters. The third kappa shape index (κ3) is 5.11. The highest BCUT2D eigenvalue weighted by Crippen LogP contribution is 2.24. The first-order valence-corrected chi connectivity index (χ1v) is 11.2. The predicted octanol–water partition coefficient (Wildman–Crippen LogP) is 4.26. The average molecular weight is 436 g/mol. The van der Waals surface area contributed by atoms with E-state index in [-0.39, 0.29) is 11.9 Å². The van der Waals surface area contributed by atoms with Crippen LogP contribution in [0.1, 0.15) is 36.9 Å². The minimum absolute atomic E-state index is 0.0529. The largest absolute Gasteiger partial charge is 0.352 e. The molecule has 2 N–H and O–H groups in total. The number of carbonyl (C=O) groups excluding carboxylic acids is 1. The van der Waals surface area contributed by atoms with Gasteiger partial charge in [-0.3, -0.25) is 19.4 Å². The van der Waals surface area contributed by atoms with Gasteiger partial charge in [-0.25, -0.2) is 0 Å². The van der Waals surface area contributed by atoms with Crippen LogP contribution in [0.4, 0.5) is 0 Å². The van der Waals surface area contributed by atoms with Crippen LogP contribution in [0.5, 0.6) is 0 Å². The monoisotopic (exact) mass is 435 g/mol. The van der Waals surface area contributed by atoms with Gasteiger partial charge in [0, 0.05) is 43.7 Å². The van der Waals surface area contributed by atoms with Crippen molar-refractivity contribution in [1.29, 1.82) is 0 Å². The summed E-state index contributed by atoms with van der Waals surface area (Å²) in [5.41, 5.74) is 3.49. The maximum Gasteiger partial charge on any atom is 0.222 e. The number of amides is 1. The fraction of sp³-hybridized carbons (Fsp3) is 0.375. The molecule has 0 spiro atoms. The standard InChI is InChI=1S/C24H29N5OS/c1-17-8-10-20(11-9-17)23-26-27-24(31)29(23)15-13-22(30)25-21-12-14-28(16-21)18(2)19-6-4-3-5-7-19/h3-11,18,21H,12-16H2,1-2H3,(H,25,30)(H,27,31). The van der Waals surface area contributed by atoms with Gasteiger partial charge in [-0.05, 0) is 38.0 Å². The van der Waals surface area contributed by atoms with E-state index in [2.05, 4.69) is 58.5 Å². The lowest BCUT2D eigenvalue weighted by Crippen LogP contribution is -2.37. The van der Waals surface area contributed by atoms with Crippen LogP contribution in [-0.2, 0) is 11.3 Å². The minimum Gasteiger partial charge on any atom is -0.352 e. The Bertz CT molecular complexity index is 1070. The number of aromatic nitrogens is 3. The number of hydrogen-bond donors (Lipinski definition) is 2. The van der Waals surface area contributed by atoms with Gasteiger partial charge < -0.3 is 5.32 Å². The van der Waals surface area contributed by atoms with Crippen LogP contribution in [0.3, 0.4) is 0 Å². The van der Waals surface area contributed by atoms with Crippen LogP contribution in [0.2, 0.25) is 0 Å². The third-order valence-electron chi connectivity index (χ3n) is 6.04. The molecule has 1 aliphatic rings. The van der Waals surface area contributed by atoms with Gasteiger partial charge in [0.05, 0.1) is 0 Å². The van der Waals surface area contributed by atoms with Crippen molar-refractivity contribution in [3.8, 4) is 11.4 Å². The number of rotatable bonds is 7. The van der Waals surface area contributed by atoms with Gasteiger partial charge in [-0.2, -0.15) is 5.10 Å². The number of H-pyrrole nitrogens is 1. The molecular formula is C24H29N5OS. The summed E-state index contributed by atoms with van der Waals surface area (Å²) < 4.78 is 2.44. The summed E-state index contributed by atoms with van der Waals surface area (Å²) in [7, 11) is 0. The molecule has 1 aromatic heterocycles. The van der Waals surface area contributed by atoms with Crippen molar-refractivity contribution in [3.63, 3.8) is 0 Å². The quantitative estimate of drug-likeness (QED) is 0.544. The molecule has 0 radical (unpaired) electrons. The van der Waals surface area contributed by atoms with Crippen molar-refractivity contribution in [2.24, 2.45) is 0 Å². The Morgan fingerprint density at radius 2 is 1.97 bits per heavy atom. The van der Waals surface area contributed by atoms with Crippen molar-refractivity contribution < 1.29 is 4.79 Å². The Morgan fingerprint density at radius 3 is 2.71 bits per heavy atom. The molecule has 4 rings (SSSR count). The molecule has 6 nitrogen and oxygen atoms in total. The molecule has 2 heterocycles. The smallest absolute Gasteiger partial charge is 0.222 e. The first kappa shape index (κ1) is 21.5. The lowest BCUT2D eigenvalue weighted by atomic mass is 10.1. The molecule has 1 aliphatic heterocycles. The van der Waals surface area contributed by atoms with E-state index in [0.717, 1.165) is 30.9 Å². The van der Waals surface area contributed by atoms with Crippen molar-refractivity contribution in [2.45, 2.75) is 45.3 Å². The summed E-state index contributed by atoms with van der Waals surface area (Å²) in [6.07, 6.45) is 1.35. The summed E-state index contributed by atoms with van der Waals surface area (Å²) in [6, 6.07) is 19.2. The number of nitrogens with zero attached hydrogens (tertiary/aromatic N) is 3. The van der Waals surface area contributed by atoms with Gasteiger partial charge in [0.2, 0.25) is 5.91 Å².